The number of nitriles is 1. The molecule has 0 radical (unpaired) electrons. The van der Waals surface area contributed by atoms with E-state index in [1.54, 1.807) is 6.08 Å². The Balaban J connectivity index is 2.24. The molecular formula is C16H13BrN2OS. The Kier molecular flexibility index (Phi) is 4.94. The van der Waals surface area contributed by atoms with Gasteiger partial charge in [-0.05, 0) is 65.2 Å². The van der Waals surface area contributed by atoms with Crippen molar-refractivity contribution in [3.63, 3.8) is 0 Å². The third-order valence-electron chi connectivity index (χ3n) is 3.10. The fourth-order valence-corrected chi connectivity index (χ4v) is 3.14. The number of anilines is 1. The number of hydrogen-bond donors (Lipinski definition) is 1. The molecule has 0 bridgehead atoms. The van der Waals surface area contributed by atoms with Gasteiger partial charge in [0.1, 0.15) is 11.6 Å². The number of carbonyl (C=O) groups is 1. The Labute approximate surface area is 136 Å². The van der Waals surface area contributed by atoms with Gasteiger partial charge in [0.05, 0.1) is 3.79 Å². The predicted molar refractivity (Wildman–Crippen MR) is 90.2 cm³/mol. The highest BCUT2D eigenvalue weighted by Gasteiger charge is 2.11. The van der Waals surface area contributed by atoms with Gasteiger partial charge in [0.15, 0.2) is 0 Å². The first-order chi connectivity index (χ1) is 10.0. The number of thiophene rings is 1. The van der Waals surface area contributed by atoms with Gasteiger partial charge in [-0.15, -0.1) is 11.3 Å². The molecule has 0 unspecified atom stereocenters. The predicted octanol–water partition coefficient (Wildman–Crippen LogP) is 4.67. The SMILES string of the molecule is Cc1cccc(NC(=O)/C(C#N)=C/c2ccc(Br)s2)c1C. The lowest BCUT2D eigenvalue weighted by Gasteiger charge is -2.09. The van der Waals surface area contributed by atoms with E-state index in [1.807, 2.05) is 50.2 Å². The molecular weight excluding hydrogens is 348 g/mol. The van der Waals surface area contributed by atoms with Crippen molar-refractivity contribution in [3.8, 4) is 6.07 Å². The van der Waals surface area contributed by atoms with E-state index in [0.29, 0.717) is 0 Å². The summed E-state index contributed by atoms with van der Waals surface area (Å²) in [7, 11) is 0. The first kappa shape index (κ1) is 15.5. The normalized spacial score (nSPS) is 11.0. The second-order valence-corrected chi connectivity index (χ2v) is 7.01. The minimum Gasteiger partial charge on any atom is -0.321 e. The maximum Gasteiger partial charge on any atom is 0.266 e. The van der Waals surface area contributed by atoms with Crippen LogP contribution < -0.4 is 5.32 Å². The molecule has 1 aromatic heterocycles. The van der Waals surface area contributed by atoms with Gasteiger partial charge in [0, 0.05) is 10.6 Å². The molecule has 0 aliphatic rings. The maximum atomic E-state index is 12.2. The van der Waals surface area contributed by atoms with Gasteiger partial charge >= 0.3 is 0 Å². The van der Waals surface area contributed by atoms with E-state index < -0.39 is 5.91 Å². The topological polar surface area (TPSA) is 52.9 Å². The zero-order valence-electron chi connectivity index (χ0n) is 11.6. The molecule has 1 amide bonds. The molecule has 106 valence electrons. The number of hydrogen-bond acceptors (Lipinski definition) is 3. The van der Waals surface area contributed by atoms with Crippen LogP contribution in [0.5, 0.6) is 0 Å². The van der Waals surface area contributed by atoms with Crippen LogP contribution in [0.1, 0.15) is 16.0 Å². The minimum atomic E-state index is -0.393. The van der Waals surface area contributed by atoms with Crippen molar-refractivity contribution in [2.24, 2.45) is 0 Å². The molecule has 0 spiro atoms. The van der Waals surface area contributed by atoms with Crippen molar-refractivity contribution in [2.45, 2.75) is 13.8 Å². The van der Waals surface area contributed by atoms with Gasteiger partial charge in [0.25, 0.3) is 5.91 Å². The number of carbonyl (C=O) groups excluding carboxylic acids is 1. The average Bonchev–Trinajstić information content (AvgIpc) is 2.86. The maximum absolute atomic E-state index is 12.2. The van der Waals surface area contributed by atoms with Crippen molar-refractivity contribution < 1.29 is 4.79 Å². The number of halogens is 1. The lowest BCUT2D eigenvalue weighted by atomic mass is 10.1. The first-order valence-electron chi connectivity index (χ1n) is 6.26. The van der Waals surface area contributed by atoms with Crippen LogP contribution in [0.25, 0.3) is 6.08 Å². The molecule has 0 atom stereocenters. The molecule has 1 N–H and O–H groups in total. The smallest absolute Gasteiger partial charge is 0.266 e. The highest BCUT2D eigenvalue weighted by atomic mass is 79.9. The summed E-state index contributed by atoms with van der Waals surface area (Å²) < 4.78 is 0.959. The third kappa shape index (κ3) is 3.81. The first-order valence-corrected chi connectivity index (χ1v) is 7.87. The summed E-state index contributed by atoms with van der Waals surface area (Å²) in [5, 5.41) is 12.0. The van der Waals surface area contributed by atoms with Gasteiger partial charge in [-0.2, -0.15) is 5.26 Å². The number of benzene rings is 1. The monoisotopic (exact) mass is 360 g/mol. The Hall–Kier alpha value is -1.90. The van der Waals surface area contributed by atoms with Crippen molar-refractivity contribution in [1.29, 1.82) is 5.26 Å². The molecule has 0 fully saturated rings. The van der Waals surface area contributed by atoms with Crippen molar-refractivity contribution >= 4 is 44.9 Å². The van der Waals surface area contributed by atoms with Crippen LogP contribution in [0.2, 0.25) is 0 Å². The molecule has 0 saturated heterocycles. The Bertz CT molecular complexity index is 756. The second kappa shape index (κ2) is 6.70. The quantitative estimate of drug-likeness (QED) is 0.638. The van der Waals surface area contributed by atoms with Crippen LogP contribution >= 0.6 is 27.3 Å². The van der Waals surface area contributed by atoms with E-state index in [9.17, 15) is 10.1 Å². The lowest BCUT2D eigenvalue weighted by molar-refractivity contribution is -0.112. The molecule has 2 rings (SSSR count). The van der Waals surface area contributed by atoms with Gasteiger partial charge in [0.2, 0.25) is 0 Å². The van der Waals surface area contributed by atoms with Gasteiger partial charge in [-0.3, -0.25) is 4.79 Å². The molecule has 5 heteroatoms. The molecule has 21 heavy (non-hydrogen) atoms. The number of nitrogens with zero attached hydrogens (tertiary/aromatic N) is 1. The summed E-state index contributed by atoms with van der Waals surface area (Å²) >= 11 is 4.83. The number of nitrogens with one attached hydrogen (secondary N) is 1. The molecule has 0 saturated carbocycles. The Morgan fingerprint density at radius 3 is 2.71 bits per heavy atom. The summed E-state index contributed by atoms with van der Waals surface area (Å²) in [5.41, 5.74) is 2.92. The van der Waals surface area contributed by atoms with E-state index in [1.165, 1.54) is 11.3 Å². The fraction of sp³-hybridized carbons (Fsp3) is 0.125. The van der Waals surface area contributed by atoms with Crippen molar-refractivity contribution in [3.05, 3.63) is 55.7 Å². The molecule has 0 aliphatic heterocycles. The van der Waals surface area contributed by atoms with Crippen molar-refractivity contribution in [2.75, 3.05) is 5.32 Å². The Morgan fingerprint density at radius 1 is 1.33 bits per heavy atom. The fourth-order valence-electron chi connectivity index (χ4n) is 1.77. The molecule has 1 aromatic carbocycles. The zero-order valence-corrected chi connectivity index (χ0v) is 14.0. The lowest BCUT2D eigenvalue weighted by Crippen LogP contribution is -2.14. The van der Waals surface area contributed by atoms with Crippen LogP contribution in [0.4, 0.5) is 5.69 Å². The standard InChI is InChI=1S/C16H13BrN2OS/c1-10-4-3-5-14(11(10)2)19-16(20)12(9-18)8-13-6-7-15(17)21-13/h3-8H,1-2H3,(H,19,20)/b12-8+. The highest BCUT2D eigenvalue weighted by molar-refractivity contribution is 9.11. The zero-order chi connectivity index (χ0) is 15.4. The average molecular weight is 361 g/mol. The second-order valence-electron chi connectivity index (χ2n) is 4.51. The van der Waals surface area contributed by atoms with E-state index in [4.69, 9.17) is 0 Å². The molecule has 0 aliphatic carbocycles. The highest BCUT2D eigenvalue weighted by Crippen LogP contribution is 2.24. The van der Waals surface area contributed by atoms with E-state index in [-0.39, 0.29) is 5.57 Å². The number of aryl methyl sites for hydroxylation is 1. The Morgan fingerprint density at radius 2 is 2.10 bits per heavy atom. The van der Waals surface area contributed by atoms with E-state index in [2.05, 4.69) is 21.2 Å². The van der Waals surface area contributed by atoms with Crippen LogP contribution in [-0.2, 0) is 4.79 Å². The largest absolute Gasteiger partial charge is 0.321 e. The van der Waals surface area contributed by atoms with Gasteiger partial charge in [-0.1, -0.05) is 12.1 Å². The summed E-state index contributed by atoms with van der Waals surface area (Å²) in [5.74, 6) is -0.393. The van der Waals surface area contributed by atoms with Crippen LogP contribution in [0.3, 0.4) is 0 Å². The van der Waals surface area contributed by atoms with Crippen LogP contribution in [0.15, 0.2) is 39.7 Å². The van der Waals surface area contributed by atoms with Gasteiger partial charge < -0.3 is 5.32 Å². The van der Waals surface area contributed by atoms with Crippen molar-refractivity contribution in [1.82, 2.24) is 0 Å². The number of rotatable bonds is 3. The summed E-state index contributed by atoms with van der Waals surface area (Å²) in [6.07, 6.45) is 1.59. The minimum absolute atomic E-state index is 0.0882. The van der Waals surface area contributed by atoms with E-state index in [0.717, 1.165) is 25.5 Å². The van der Waals surface area contributed by atoms with Crippen LogP contribution in [0, 0.1) is 25.2 Å². The molecule has 3 nitrogen and oxygen atoms in total. The van der Waals surface area contributed by atoms with Gasteiger partial charge in [-0.25, -0.2) is 0 Å². The molecule has 2 aromatic rings. The third-order valence-corrected chi connectivity index (χ3v) is 4.67. The van der Waals surface area contributed by atoms with Crippen LogP contribution in [-0.4, -0.2) is 5.91 Å². The van der Waals surface area contributed by atoms with E-state index >= 15 is 0 Å². The molecule has 1 heterocycles. The summed E-state index contributed by atoms with van der Waals surface area (Å²) in [6, 6.07) is 11.4. The number of amides is 1. The summed E-state index contributed by atoms with van der Waals surface area (Å²) in [6.45, 7) is 3.92. The summed E-state index contributed by atoms with van der Waals surface area (Å²) in [4.78, 5) is 13.1.